The third-order valence-corrected chi connectivity index (χ3v) is 4.60. The Hall–Kier alpha value is -1.10. The second-order valence-corrected chi connectivity index (χ2v) is 6.64. The fraction of sp³-hybridized carbons (Fsp3) is 0.867. The first kappa shape index (κ1) is 13.9. The van der Waals surface area contributed by atoms with Gasteiger partial charge in [0.1, 0.15) is 12.1 Å². The zero-order valence-electron chi connectivity index (χ0n) is 12.3. The molecule has 3 atom stereocenters. The standard InChI is InChI=1S/C15H24N2O3/c1-9(2)13-14(18)16-12(10-5-6-10)15(19)17(13)8-11-4-3-7-20-11/h9-13H,3-8H2,1-2H3,(H,16,18). The Morgan fingerprint density at radius 3 is 2.60 bits per heavy atom. The van der Waals surface area contributed by atoms with Gasteiger partial charge in [-0.25, -0.2) is 0 Å². The van der Waals surface area contributed by atoms with Gasteiger partial charge in [0.15, 0.2) is 0 Å². The van der Waals surface area contributed by atoms with Crippen molar-refractivity contribution in [2.75, 3.05) is 13.2 Å². The first-order chi connectivity index (χ1) is 9.58. The van der Waals surface area contributed by atoms with E-state index in [1.807, 2.05) is 13.8 Å². The lowest BCUT2D eigenvalue weighted by atomic mass is 9.95. The maximum atomic E-state index is 12.7. The summed E-state index contributed by atoms with van der Waals surface area (Å²) in [7, 11) is 0. The highest BCUT2D eigenvalue weighted by molar-refractivity contribution is 5.97. The lowest BCUT2D eigenvalue weighted by Crippen LogP contribution is -2.66. The van der Waals surface area contributed by atoms with Crippen molar-refractivity contribution in [2.24, 2.45) is 11.8 Å². The van der Waals surface area contributed by atoms with E-state index < -0.39 is 0 Å². The number of hydrogen-bond acceptors (Lipinski definition) is 3. The number of carbonyl (C=O) groups is 2. The van der Waals surface area contributed by atoms with E-state index in [0.29, 0.717) is 12.5 Å². The maximum absolute atomic E-state index is 12.7. The Labute approximate surface area is 120 Å². The molecule has 112 valence electrons. The summed E-state index contributed by atoms with van der Waals surface area (Å²) in [5.74, 6) is 0.586. The molecular formula is C15H24N2O3. The van der Waals surface area contributed by atoms with Crippen molar-refractivity contribution in [1.29, 1.82) is 0 Å². The monoisotopic (exact) mass is 280 g/mol. The fourth-order valence-corrected chi connectivity index (χ4v) is 3.38. The van der Waals surface area contributed by atoms with Gasteiger partial charge in [0.25, 0.3) is 0 Å². The van der Waals surface area contributed by atoms with Crippen molar-refractivity contribution in [1.82, 2.24) is 10.2 Å². The van der Waals surface area contributed by atoms with Crippen LogP contribution in [0.4, 0.5) is 0 Å². The SMILES string of the molecule is CC(C)C1C(=O)NC(C2CC2)C(=O)N1CC1CCCO1. The normalized spacial score (nSPS) is 34.8. The Morgan fingerprint density at radius 1 is 1.30 bits per heavy atom. The van der Waals surface area contributed by atoms with Crippen molar-refractivity contribution < 1.29 is 14.3 Å². The molecule has 3 aliphatic rings. The van der Waals surface area contributed by atoms with Crippen LogP contribution in [0.25, 0.3) is 0 Å². The van der Waals surface area contributed by atoms with Gasteiger partial charge in [-0.05, 0) is 37.5 Å². The molecule has 0 bridgehead atoms. The van der Waals surface area contributed by atoms with Gasteiger partial charge in [0.2, 0.25) is 11.8 Å². The number of ether oxygens (including phenoxy) is 1. The number of nitrogens with zero attached hydrogens (tertiary/aromatic N) is 1. The molecule has 3 rings (SSSR count). The van der Waals surface area contributed by atoms with Crippen LogP contribution in [0.1, 0.15) is 39.5 Å². The summed E-state index contributed by atoms with van der Waals surface area (Å²) in [6.07, 6.45) is 4.25. The molecule has 2 amide bonds. The number of hydrogen-bond donors (Lipinski definition) is 1. The number of carbonyl (C=O) groups excluding carboxylic acids is 2. The first-order valence-corrected chi connectivity index (χ1v) is 7.80. The molecule has 1 saturated carbocycles. The van der Waals surface area contributed by atoms with Crippen molar-refractivity contribution in [3.63, 3.8) is 0 Å². The van der Waals surface area contributed by atoms with E-state index in [2.05, 4.69) is 5.32 Å². The molecule has 1 N–H and O–H groups in total. The average Bonchev–Trinajstić information content (AvgIpc) is 3.11. The molecule has 2 saturated heterocycles. The molecular weight excluding hydrogens is 256 g/mol. The molecule has 3 unspecified atom stereocenters. The molecule has 0 aromatic rings. The summed E-state index contributed by atoms with van der Waals surface area (Å²) in [6, 6.07) is -0.638. The summed E-state index contributed by atoms with van der Waals surface area (Å²) in [6.45, 7) is 5.34. The smallest absolute Gasteiger partial charge is 0.246 e. The lowest BCUT2D eigenvalue weighted by molar-refractivity contribution is -0.153. The summed E-state index contributed by atoms with van der Waals surface area (Å²) < 4.78 is 5.65. The highest BCUT2D eigenvalue weighted by Crippen LogP contribution is 2.36. The third kappa shape index (κ3) is 2.55. The lowest BCUT2D eigenvalue weighted by Gasteiger charge is -2.41. The predicted octanol–water partition coefficient (Wildman–Crippen LogP) is 0.927. The molecule has 1 aliphatic carbocycles. The van der Waals surface area contributed by atoms with Gasteiger partial charge in [-0.2, -0.15) is 0 Å². The molecule has 2 aliphatic heterocycles. The predicted molar refractivity (Wildman–Crippen MR) is 74.0 cm³/mol. The Kier molecular flexibility index (Phi) is 3.71. The molecule has 3 fully saturated rings. The van der Waals surface area contributed by atoms with Gasteiger partial charge in [-0.15, -0.1) is 0 Å². The van der Waals surface area contributed by atoms with Crippen LogP contribution in [0.3, 0.4) is 0 Å². The third-order valence-electron chi connectivity index (χ3n) is 4.60. The molecule has 5 nitrogen and oxygen atoms in total. The first-order valence-electron chi connectivity index (χ1n) is 7.80. The summed E-state index contributed by atoms with van der Waals surface area (Å²) >= 11 is 0. The largest absolute Gasteiger partial charge is 0.376 e. The Balaban J connectivity index is 1.78. The summed E-state index contributed by atoms with van der Waals surface area (Å²) in [5.41, 5.74) is 0. The van der Waals surface area contributed by atoms with Crippen LogP contribution in [-0.4, -0.2) is 48.1 Å². The van der Waals surface area contributed by atoms with E-state index in [-0.39, 0.29) is 35.9 Å². The van der Waals surface area contributed by atoms with Crippen LogP contribution >= 0.6 is 0 Å². The van der Waals surface area contributed by atoms with Crippen molar-refractivity contribution in [2.45, 2.75) is 57.7 Å². The van der Waals surface area contributed by atoms with Crippen LogP contribution in [0, 0.1) is 11.8 Å². The number of rotatable bonds is 4. The van der Waals surface area contributed by atoms with Crippen molar-refractivity contribution >= 4 is 11.8 Å². The summed E-state index contributed by atoms with van der Waals surface area (Å²) in [5, 5.41) is 2.94. The van der Waals surface area contributed by atoms with Gasteiger partial charge in [0.05, 0.1) is 6.10 Å². The second-order valence-electron chi connectivity index (χ2n) is 6.64. The van der Waals surface area contributed by atoms with Crippen LogP contribution in [0.5, 0.6) is 0 Å². The molecule has 0 radical (unpaired) electrons. The van der Waals surface area contributed by atoms with Crippen molar-refractivity contribution in [3.8, 4) is 0 Å². The minimum Gasteiger partial charge on any atom is -0.376 e. The highest BCUT2D eigenvalue weighted by Gasteiger charge is 2.48. The Morgan fingerprint density at radius 2 is 2.05 bits per heavy atom. The van der Waals surface area contributed by atoms with Crippen LogP contribution < -0.4 is 5.32 Å². The van der Waals surface area contributed by atoms with Crippen molar-refractivity contribution in [3.05, 3.63) is 0 Å². The Bertz CT molecular complexity index is 400. The summed E-state index contributed by atoms with van der Waals surface area (Å²) in [4.78, 5) is 26.9. The van der Waals surface area contributed by atoms with E-state index in [0.717, 1.165) is 32.3 Å². The van der Waals surface area contributed by atoms with Gasteiger partial charge in [0, 0.05) is 13.2 Å². The minimum atomic E-state index is -0.346. The van der Waals surface area contributed by atoms with E-state index in [4.69, 9.17) is 4.74 Å². The molecule has 5 heteroatoms. The average molecular weight is 280 g/mol. The van der Waals surface area contributed by atoms with E-state index >= 15 is 0 Å². The maximum Gasteiger partial charge on any atom is 0.246 e. The van der Waals surface area contributed by atoms with Gasteiger partial charge >= 0.3 is 0 Å². The topological polar surface area (TPSA) is 58.6 Å². The van der Waals surface area contributed by atoms with Gasteiger partial charge < -0.3 is 15.0 Å². The zero-order chi connectivity index (χ0) is 14.3. The van der Waals surface area contributed by atoms with E-state index in [1.54, 1.807) is 4.90 Å². The number of piperazine rings is 1. The van der Waals surface area contributed by atoms with E-state index in [1.165, 1.54) is 0 Å². The van der Waals surface area contributed by atoms with Gasteiger partial charge in [-0.1, -0.05) is 13.8 Å². The van der Waals surface area contributed by atoms with E-state index in [9.17, 15) is 9.59 Å². The minimum absolute atomic E-state index is 0.00879. The van der Waals surface area contributed by atoms with Crippen LogP contribution in [0.15, 0.2) is 0 Å². The number of amides is 2. The van der Waals surface area contributed by atoms with Gasteiger partial charge in [-0.3, -0.25) is 9.59 Å². The second kappa shape index (κ2) is 5.35. The van der Waals surface area contributed by atoms with Crippen LogP contribution in [0.2, 0.25) is 0 Å². The molecule has 0 aromatic carbocycles. The molecule has 2 heterocycles. The zero-order valence-corrected chi connectivity index (χ0v) is 12.3. The number of nitrogens with one attached hydrogen (secondary N) is 1. The molecule has 0 aromatic heterocycles. The fourth-order valence-electron chi connectivity index (χ4n) is 3.38. The molecule has 20 heavy (non-hydrogen) atoms. The molecule has 0 spiro atoms. The quantitative estimate of drug-likeness (QED) is 0.833. The highest BCUT2D eigenvalue weighted by atomic mass is 16.5. The van der Waals surface area contributed by atoms with Crippen LogP contribution in [-0.2, 0) is 14.3 Å².